The maximum absolute atomic E-state index is 5.78. The number of aromatic nitrogens is 1. The zero-order chi connectivity index (χ0) is 13.2. The topological polar surface area (TPSA) is 42.2 Å². The molecule has 0 radical (unpaired) electrons. The molecule has 19 heavy (non-hydrogen) atoms. The minimum Gasteiger partial charge on any atom is -0.375 e. The molecular weight excluding hydrogens is 254 g/mol. The molecule has 0 saturated heterocycles. The molecule has 0 unspecified atom stereocenters. The van der Waals surface area contributed by atoms with Crippen molar-refractivity contribution >= 4 is 16.5 Å². The number of fused-ring (bicyclic) bond motifs is 1. The second-order valence-electron chi connectivity index (χ2n) is 5.18. The van der Waals surface area contributed by atoms with Crippen molar-refractivity contribution in [1.82, 2.24) is 9.88 Å². The smallest absolute Gasteiger partial charge is 0.180 e. The number of aryl methyl sites for hydroxylation is 1. The van der Waals surface area contributed by atoms with Crippen LogP contribution >= 0.6 is 11.3 Å². The summed E-state index contributed by atoms with van der Waals surface area (Å²) in [5, 5.41) is 0.719. The van der Waals surface area contributed by atoms with Crippen LogP contribution in [0.4, 0.5) is 5.13 Å². The van der Waals surface area contributed by atoms with E-state index in [-0.39, 0.29) is 0 Å². The molecule has 2 aromatic rings. The van der Waals surface area contributed by atoms with E-state index >= 15 is 0 Å². The summed E-state index contributed by atoms with van der Waals surface area (Å²) in [6.45, 7) is 5.33. The van der Waals surface area contributed by atoms with Gasteiger partial charge in [0.2, 0.25) is 0 Å². The van der Waals surface area contributed by atoms with E-state index in [2.05, 4.69) is 41.1 Å². The number of nitrogens with zero attached hydrogens (tertiary/aromatic N) is 2. The van der Waals surface area contributed by atoms with Gasteiger partial charge in [0.05, 0.1) is 5.69 Å². The van der Waals surface area contributed by atoms with Gasteiger partial charge < -0.3 is 5.73 Å². The highest BCUT2D eigenvalue weighted by atomic mass is 32.1. The summed E-state index contributed by atoms with van der Waals surface area (Å²) in [5.74, 6) is 0. The Bertz CT molecular complexity index is 534. The first kappa shape index (κ1) is 12.6. The van der Waals surface area contributed by atoms with E-state index in [4.69, 9.17) is 5.73 Å². The van der Waals surface area contributed by atoms with E-state index in [0.29, 0.717) is 0 Å². The molecule has 2 N–H and O–H groups in total. The van der Waals surface area contributed by atoms with Crippen LogP contribution in [0.25, 0.3) is 0 Å². The first-order valence-corrected chi connectivity index (χ1v) is 7.54. The van der Waals surface area contributed by atoms with Crippen LogP contribution in [0.3, 0.4) is 0 Å². The van der Waals surface area contributed by atoms with Gasteiger partial charge in [0.1, 0.15) is 0 Å². The molecule has 1 aliphatic rings. The second-order valence-corrected chi connectivity index (χ2v) is 6.30. The van der Waals surface area contributed by atoms with Gasteiger partial charge in [-0.3, -0.25) is 4.90 Å². The molecule has 3 nitrogen and oxygen atoms in total. The van der Waals surface area contributed by atoms with Gasteiger partial charge in [-0.05, 0) is 18.9 Å². The molecule has 0 fully saturated rings. The van der Waals surface area contributed by atoms with Gasteiger partial charge in [-0.2, -0.15) is 0 Å². The van der Waals surface area contributed by atoms with Crippen LogP contribution in [-0.4, -0.2) is 23.0 Å². The number of rotatable bonds is 2. The number of nitrogens with two attached hydrogens (primary N) is 1. The highest BCUT2D eigenvalue weighted by molar-refractivity contribution is 7.15. The average molecular weight is 273 g/mol. The predicted octanol–water partition coefficient (Wildman–Crippen LogP) is 2.63. The summed E-state index contributed by atoms with van der Waals surface area (Å²) in [6.07, 6.45) is 2.10. The Morgan fingerprint density at radius 3 is 2.74 bits per heavy atom. The lowest BCUT2D eigenvalue weighted by atomic mass is 10.1. The SMILES string of the molecule is Cc1ccc(CN2CCc3nc(N)sc3CC2)cc1. The fourth-order valence-corrected chi connectivity index (χ4v) is 3.41. The molecule has 0 atom stereocenters. The Morgan fingerprint density at radius 2 is 1.95 bits per heavy atom. The van der Waals surface area contributed by atoms with E-state index in [1.165, 1.54) is 21.7 Å². The van der Waals surface area contributed by atoms with Gasteiger partial charge in [0.15, 0.2) is 5.13 Å². The standard InChI is InChI=1S/C15H19N3S/c1-11-2-4-12(5-3-11)10-18-8-6-13-14(7-9-18)19-15(16)17-13/h2-5H,6-10H2,1H3,(H2,16,17). The highest BCUT2D eigenvalue weighted by Gasteiger charge is 2.17. The monoisotopic (exact) mass is 273 g/mol. The summed E-state index contributed by atoms with van der Waals surface area (Å²) in [4.78, 5) is 8.32. The molecule has 0 aliphatic carbocycles. The van der Waals surface area contributed by atoms with Crippen LogP contribution in [0.2, 0.25) is 0 Å². The van der Waals surface area contributed by atoms with E-state index < -0.39 is 0 Å². The number of benzene rings is 1. The van der Waals surface area contributed by atoms with Crippen molar-refractivity contribution in [3.63, 3.8) is 0 Å². The van der Waals surface area contributed by atoms with Crippen molar-refractivity contribution < 1.29 is 0 Å². The molecule has 0 amide bonds. The zero-order valence-electron chi connectivity index (χ0n) is 11.2. The van der Waals surface area contributed by atoms with E-state index in [9.17, 15) is 0 Å². The summed E-state index contributed by atoms with van der Waals surface area (Å²) in [6, 6.07) is 8.83. The Balaban J connectivity index is 1.65. The molecule has 1 aromatic heterocycles. The maximum Gasteiger partial charge on any atom is 0.180 e. The zero-order valence-corrected chi connectivity index (χ0v) is 12.0. The van der Waals surface area contributed by atoms with Gasteiger partial charge in [0.25, 0.3) is 0 Å². The number of hydrogen-bond donors (Lipinski definition) is 1. The fourth-order valence-electron chi connectivity index (χ4n) is 2.54. The molecule has 0 bridgehead atoms. The molecule has 1 aliphatic heterocycles. The van der Waals surface area contributed by atoms with Crippen LogP contribution in [0, 0.1) is 6.92 Å². The van der Waals surface area contributed by atoms with Crippen molar-refractivity contribution in [3.8, 4) is 0 Å². The Hall–Kier alpha value is -1.39. The lowest BCUT2D eigenvalue weighted by Crippen LogP contribution is -2.26. The molecule has 1 aromatic carbocycles. The van der Waals surface area contributed by atoms with E-state index in [1.807, 2.05) is 0 Å². The van der Waals surface area contributed by atoms with Gasteiger partial charge in [0, 0.05) is 30.9 Å². The maximum atomic E-state index is 5.78. The first-order valence-electron chi connectivity index (χ1n) is 6.72. The van der Waals surface area contributed by atoms with Crippen LogP contribution in [0.15, 0.2) is 24.3 Å². The Kier molecular flexibility index (Phi) is 3.53. The third kappa shape index (κ3) is 2.96. The first-order chi connectivity index (χ1) is 9.20. The third-order valence-electron chi connectivity index (χ3n) is 3.64. The molecule has 100 valence electrons. The van der Waals surface area contributed by atoms with E-state index in [0.717, 1.165) is 37.6 Å². The molecule has 2 heterocycles. The normalized spacial score (nSPS) is 16.1. The summed E-state index contributed by atoms with van der Waals surface area (Å²) < 4.78 is 0. The van der Waals surface area contributed by atoms with Crippen molar-refractivity contribution in [2.75, 3.05) is 18.8 Å². The quantitative estimate of drug-likeness (QED) is 0.914. The van der Waals surface area contributed by atoms with Crippen molar-refractivity contribution in [3.05, 3.63) is 46.0 Å². The Labute approximate surface area is 118 Å². The lowest BCUT2D eigenvalue weighted by Gasteiger charge is -2.19. The second kappa shape index (κ2) is 5.31. The van der Waals surface area contributed by atoms with Crippen LogP contribution in [0.1, 0.15) is 21.7 Å². The number of thiazole rings is 1. The number of anilines is 1. The predicted molar refractivity (Wildman–Crippen MR) is 80.4 cm³/mol. The van der Waals surface area contributed by atoms with Gasteiger partial charge in [-0.15, -0.1) is 11.3 Å². The van der Waals surface area contributed by atoms with Crippen LogP contribution in [-0.2, 0) is 19.4 Å². The molecule has 4 heteroatoms. The Morgan fingerprint density at radius 1 is 1.21 bits per heavy atom. The average Bonchev–Trinajstić information content (AvgIpc) is 2.66. The minimum atomic E-state index is 0.719. The van der Waals surface area contributed by atoms with Gasteiger partial charge in [-0.25, -0.2) is 4.98 Å². The molecular formula is C15H19N3S. The van der Waals surface area contributed by atoms with Gasteiger partial charge >= 0.3 is 0 Å². The number of hydrogen-bond acceptors (Lipinski definition) is 4. The summed E-state index contributed by atoms with van der Waals surface area (Å²) >= 11 is 1.65. The van der Waals surface area contributed by atoms with Crippen LogP contribution < -0.4 is 5.73 Å². The third-order valence-corrected chi connectivity index (χ3v) is 4.63. The summed E-state index contributed by atoms with van der Waals surface area (Å²) in [5.41, 5.74) is 9.70. The molecule has 3 rings (SSSR count). The largest absolute Gasteiger partial charge is 0.375 e. The summed E-state index contributed by atoms with van der Waals surface area (Å²) in [7, 11) is 0. The van der Waals surface area contributed by atoms with Crippen molar-refractivity contribution in [2.45, 2.75) is 26.3 Å². The van der Waals surface area contributed by atoms with Gasteiger partial charge in [-0.1, -0.05) is 29.8 Å². The highest BCUT2D eigenvalue weighted by Crippen LogP contribution is 2.24. The molecule has 0 spiro atoms. The minimum absolute atomic E-state index is 0.719. The van der Waals surface area contributed by atoms with E-state index in [1.54, 1.807) is 11.3 Å². The molecule has 0 saturated carbocycles. The number of nitrogen functional groups attached to an aromatic ring is 1. The lowest BCUT2D eigenvalue weighted by molar-refractivity contribution is 0.279. The van der Waals surface area contributed by atoms with Crippen molar-refractivity contribution in [2.24, 2.45) is 0 Å². The van der Waals surface area contributed by atoms with Crippen molar-refractivity contribution in [1.29, 1.82) is 0 Å². The fraction of sp³-hybridized carbons (Fsp3) is 0.400. The van der Waals surface area contributed by atoms with Crippen LogP contribution in [0.5, 0.6) is 0 Å².